The van der Waals surface area contributed by atoms with E-state index in [0.29, 0.717) is 33.0 Å². The van der Waals surface area contributed by atoms with Crippen LogP contribution in [0.15, 0.2) is 60.7 Å². The lowest BCUT2D eigenvalue weighted by Gasteiger charge is -2.20. The molecule has 4 rings (SSSR count). The standard InChI is InChI=1S/C19H25NO6.C7H8/c1-2-25-19(22)26-11-16-15(18(21)20-13-24-12-17(16)20)8-9-23-10-14-6-4-3-5-7-14;1-7-5-3-2-4-6-7/h3-7,15-17H,2,8-13H2,1H3;2-6H,1H3/t15-,16-,17+;/m1./s1. The van der Waals surface area contributed by atoms with Crippen LogP contribution in [0.2, 0.25) is 0 Å². The van der Waals surface area contributed by atoms with Gasteiger partial charge >= 0.3 is 6.16 Å². The maximum absolute atomic E-state index is 12.7. The Kier molecular flexibility index (Phi) is 9.72. The second-order valence-corrected chi connectivity index (χ2v) is 8.12. The first-order valence-electron chi connectivity index (χ1n) is 11.4. The van der Waals surface area contributed by atoms with Crippen molar-refractivity contribution in [2.45, 2.75) is 32.9 Å². The molecule has 7 heteroatoms. The molecule has 0 radical (unpaired) electrons. The second-order valence-electron chi connectivity index (χ2n) is 8.12. The van der Waals surface area contributed by atoms with Gasteiger partial charge in [-0.15, -0.1) is 0 Å². The lowest BCUT2D eigenvalue weighted by atomic mass is 9.89. The monoisotopic (exact) mass is 455 g/mol. The first-order chi connectivity index (χ1) is 16.1. The van der Waals surface area contributed by atoms with Gasteiger partial charge in [-0.1, -0.05) is 66.2 Å². The van der Waals surface area contributed by atoms with Gasteiger partial charge in [0.25, 0.3) is 0 Å². The molecule has 0 spiro atoms. The third-order valence-corrected chi connectivity index (χ3v) is 5.81. The molecule has 2 aliphatic heterocycles. The minimum Gasteiger partial charge on any atom is -0.435 e. The third-order valence-electron chi connectivity index (χ3n) is 5.81. The van der Waals surface area contributed by atoms with Gasteiger partial charge in [-0.25, -0.2) is 4.79 Å². The molecule has 0 aliphatic carbocycles. The maximum atomic E-state index is 12.7. The molecule has 0 saturated carbocycles. The molecule has 2 heterocycles. The predicted octanol–water partition coefficient (Wildman–Crippen LogP) is 4.19. The van der Waals surface area contributed by atoms with Crippen LogP contribution in [0.5, 0.6) is 0 Å². The molecule has 2 aromatic carbocycles. The van der Waals surface area contributed by atoms with E-state index in [1.54, 1.807) is 11.8 Å². The van der Waals surface area contributed by atoms with Crippen molar-refractivity contribution in [2.24, 2.45) is 11.8 Å². The molecule has 0 bridgehead atoms. The number of carbonyl (C=O) groups excluding carboxylic acids is 2. The molecule has 0 unspecified atom stereocenters. The maximum Gasteiger partial charge on any atom is 0.508 e. The van der Waals surface area contributed by atoms with Crippen LogP contribution in [-0.2, 0) is 30.3 Å². The summed E-state index contributed by atoms with van der Waals surface area (Å²) in [4.78, 5) is 25.9. The van der Waals surface area contributed by atoms with Gasteiger partial charge in [0.2, 0.25) is 5.91 Å². The topological polar surface area (TPSA) is 74.3 Å². The van der Waals surface area contributed by atoms with Crippen LogP contribution in [0.1, 0.15) is 24.5 Å². The summed E-state index contributed by atoms with van der Waals surface area (Å²) in [6, 6.07) is 20.1. The van der Waals surface area contributed by atoms with E-state index in [0.717, 1.165) is 5.56 Å². The van der Waals surface area contributed by atoms with Crippen LogP contribution >= 0.6 is 0 Å². The highest BCUT2D eigenvalue weighted by atomic mass is 16.7. The van der Waals surface area contributed by atoms with Crippen molar-refractivity contribution in [3.8, 4) is 0 Å². The quantitative estimate of drug-likeness (QED) is 0.439. The Hall–Kier alpha value is -2.90. The third kappa shape index (κ3) is 7.30. The number of hydrogen-bond acceptors (Lipinski definition) is 6. The number of aryl methyl sites for hydroxylation is 1. The highest BCUT2D eigenvalue weighted by molar-refractivity contribution is 5.82. The van der Waals surface area contributed by atoms with Crippen molar-refractivity contribution in [1.82, 2.24) is 4.90 Å². The SMILES string of the molecule is CCOC(=O)OC[C@@H]1[C@@H](CCOCc2ccccc2)C(=O)N2COC[C@@H]12.Cc1ccccc1. The molecule has 2 saturated heterocycles. The number of fused-ring (bicyclic) bond motifs is 1. The van der Waals surface area contributed by atoms with Crippen LogP contribution in [-0.4, -0.2) is 56.2 Å². The van der Waals surface area contributed by atoms with Crippen LogP contribution in [0, 0.1) is 18.8 Å². The number of hydrogen-bond donors (Lipinski definition) is 0. The number of benzene rings is 2. The summed E-state index contributed by atoms with van der Waals surface area (Å²) >= 11 is 0. The zero-order valence-corrected chi connectivity index (χ0v) is 19.4. The van der Waals surface area contributed by atoms with E-state index in [4.69, 9.17) is 18.9 Å². The Bertz CT molecular complexity index is 860. The van der Waals surface area contributed by atoms with Crippen molar-refractivity contribution in [1.29, 1.82) is 0 Å². The first kappa shape index (κ1) is 24.7. The molecule has 0 aromatic heterocycles. The molecular formula is C26H33NO6. The van der Waals surface area contributed by atoms with E-state index in [2.05, 4.69) is 19.1 Å². The van der Waals surface area contributed by atoms with Gasteiger partial charge in [0, 0.05) is 18.4 Å². The van der Waals surface area contributed by atoms with Crippen LogP contribution in [0.3, 0.4) is 0 Å². The van der Waals surface area contributed by atoms with E-state index in [1.807, 2.05) is 48.5 Å². The summed E-state index contributed by atoms with van der Waals surface area (Å²) in [7, 11) is 0. The smallest absolute Gasteiger partial charge is 0.435 e. The van der Waals surface area contributed by atoms with Crippen LogP contribution in [0.4, 0.5) is 4.79 Å². The van der Waals surface area contributed by atoms with E-state index in [1.165, 1.54) is 5.56 Å². The average molecular weight is 456 g/mol. The zero-order valence-electron chi connectivity index (χ0n) is 19.4. The zero-order chi connectivity index (χ0) is 23.5. The number of rotatable bonds is 8. The van der Waals surface area contributed by atoms with Crippen molar-refractivity contribution in [3.63, 3.8) is 0 Å². The summed E-state index contributed by atoms with van der Waals surface area (Å²) < 4.78 is 21.1. The Morgan fingerprint density at radius 2 is 1.76 bits per heavy atom. The van der Waals surface area contributed by atoms with Gasteiger partial charge in [-0.05, 0) is 25.8 Å². The van der Waals surface area contributed by atoms with Crippen LogP contribution in [0.25, 0.3) is 0 Å². The molecule has 3 atom stereocenters. The Balaban J connectivity index is 0.000000374. The van der Waals surface area contributed by atoms with Gasteiger partial charge < -0.3 is 23.8 Å². The number of nitrogens with zero attached hydrogens (tertiary/aromatic N) is 1. The molecular weight excluding hydrogens is 422 g/mol. The fraction of sp³-hybridized carbons (Fsp3) is 0.462. The Morgan fingerprint density at radius 3 is 2.39 bits per heavy atom. The van der Waals surface area contributed by atoms with Crippen molar-refractivity contribution < 1.29 is 28.5 Å². The summed E-state index contributed by atoms with van der Waals surface area (Å²) in [6.45, 7) is 5.99. The van der Waals surface area contributed by atoms with Crippen molar-refractivity contribution >= 4 is 12.1 Å². The minimum absolute atomic E-state index is 0.0453. The van der Waals surface area contributed by atoms with Gasteiger partial charge in [0.05, 0.1) is 25.9 Å². The number of ether oxygens (including phenoxy) is 4. The van der Waals surface area contributed by atoms with E-state index in [9.17, 15) is 9.59 Å². The Labute approximate surface area is 195 Å². The summed E-state index contributed by atoms with van der Waals surface area (Å²) in [6.07, 6.45) is -0.105. The van der Waals surface area contributed by atoms with Gasteiger partial charge in [-0.3, -0.25) is 4.79 Å². The molecule has 2 fully saturated rings. The highest BCUT2D eigenvalue weighted by Gasteiger charge is 2.50. The predicted molar refractivity (Wildman–Crippen MR) is 123 cm³/mol. The normalized spacial score (nSPS) is 21.2. The van der Waals surface area contributed by atoms with E-state index in [-0.39, 0.29) is 37.0 Å². The molecule has 178 valence electrons. The fourth-order valence-corrected chi connectivity index (χ4v) is 4.10. The first-order valence-corrected chi connectivity index (χ1v) is 11.4. The van der Waals surface area contributed by atoms with Gasteiger partial charge in [0.15, 0.2) is 0 Å². The largest absolute Gasteiger partial charge is 0.508 e. The lowest BCUT2D eigenvalue weighted by molar-refractivity contribution is -0.133. The molecule has 2 aromatic rings. The van der Waals surface area contributed by atoms with Crippen molar-refractivity contribution in [2.75, 3.05) is 33.2 Å². The van der Waals surface area contributed by atoms with Gasteiger partial charge in [0.1, 0.15) is 13.3 Å². The van der Waals surface area contributed by atoms with Gasteiger partial charge in [-0.2, -0.15) is 0 Å². The van der Waals surface area contributed by atoms with Crippen molar-refractivity contribution in [3.05, 3.63) is 71.8 Å². The average Bonchev–Trinajstić information content (AvgIpc) is 3.40. The molecule has 1 amide bonds. The molecule has 0 N–H and O–H groups in total. The number of amides is 1. The molecule has 2 aliphatic rings. The minimum atomic E-state index is -0.698. The lowest BCUT2D eigenvalue weighted by Crippen LogP contribution is -2.32. The summed E-state index contributed by atoms with van der Waals surface area (Å²) in [5.41, 5.74) is 2.42. The molecule has 33 heavy (non-hydrogen) atoms. The fourth-order valence-electron chi connectivity index (χ4n) is 4.10. The second kappa shape index (κ2) is 13.0. The highest BCUT2D eigenvalue weighted by Crippen LogP contribution is 2.36. The summed E-state index contributed by atoms with van der Waals surface area (Å²) in [5.74, 6) is -0.280. The van der Waals surface area contributed by atoms with E-state index >= 15 is 0 Å². The number of carbonyl (C=O) groups is 2. The Morgan fingerprint density at radius 1 is 1.06 bits per heavy atom. The summed E-state index contributed by atoms with van der Waals surface area (Å²) in [5, 5.41) is 0. The van der Waals surface area contributed by atoms with Crippen LogP contribution < -0.4 is 0 Å². The molecule has 7 nitrogen and oxygen atoms in total. The van der Waals surface area contributed by atoms with E-state index < -0.39 is 6.16 Å².